The van der Waals surface area contributed by atoms with Crippen LogP contribution >= 0.6 is 11.6 Å². The Balaban J connectivity index is 2.07. The van der Waals surface area contributed by atoms with Gasteiger partial charge in [-0.15, -0.1) is 11.6 Å². The van der Waals surface area contributed by atoms with E-state index in [0.717, 1.165) is 11.3 Å². The quantitative estimate of drug-likeness (QED) is 0.834. The molecule has 2 rings (SSSR count). The molecule has 20 heavy (non-hydrogen) atoms. The molecule has 2 aromatic carbocycles. The van der Waals surface area contributed by atoms with Gasteiger partial charge in [0.05, 0.1) is 12.8 Å². The number of urea groups is 1. The number of nitrogens with one attached hydrogen (secondary N) is 2. The van der Waals surface area contributed by atoms with Crippen molar-refractivity contribution in [2.45, 2.75) is 5.88 Å². The van der Waals surface area contributed by atoms with Gasteiger partial charge in [-0.05, 0) is 29.8 Å². The maximum atomic E-state index is 11.9. The van der Waals surface area contributed by atoms with Gasteiger partial charge in [0, 0.05) is 11.6 Å². The SMILES string of the molecule is COc1cc(CCl)ccc1NC(=O)Nc1ccccc1. The van der Waals surface area contributed by atoms with Crippen molar-refractivity contribution in [2.24, 2.45) is 0 Å². The lowest BCUT2D eigenvalue weighted by molar-refractivity contribution is 0.262. The summed E-state index contributed by atoms with van der Waals surface area (Å²) in [6.07, 6.45) is 0. The molecule has 0 heterocycles. The highest BCUT2D eigenvalue weighted by Crippen LogP contribution is 2.26. The number of anilines is 2. The van der Waals surface area contributed by atoms with Gasteiger partial charge >= 0.3 is 6.03 Å². The zero-order chi connectivity index (χ0) is 14.4. The van der Waals surface area contributed by atoms with Crippen LogP contribution in [-0.2, 0) is 5.88 Å². The fourth-order valence-corrected chi connectivity index (χ4v) is 1.89. The van der Waals surface area contributed by atoms with E-state index in [1.54, 1.807) is 19.2 Å². The van der Waals surface area contributed by atoms with Crippen molar-refractivity contribution in [1.29, 1.82) is 0 Å². The average molecular weight is 291 g/mol. The van der Waals surface area contributed by atoms with Crippen molar-refractivity contribution in [1.82, 2.24) is 0 Å². The normalized spacial score (nSPS) is 9.90. The molecule has 0 saturated heterocycles. The number of rotatable bonds is 4. The summed E-state index contributed by atoms with van der Waals surface area (Å²) in [6, 6.07) is 14.3. The molecule has 5 heteroatoms. The van der Waals surface area contributed by atoms with Gasteiger partial charge in [0.15, 0.2) is 0 Å². The van der Waals surface area contributed by atoms with Crippen LogP contribution in [0.4, 0.5) is 16.2 Å². The molecule has 0 bridgehead atoms. The third kappa shape index (κ3) is 3.65. The van der Waals surface area contributed by atoms with E-state index >= 15 is 0 Å². The molecule has 104 valence electrons. The minimum Gasteiger partial charge on any atom is -0.495 e. The molecule has 0 atom stereocenters. The second-order valence-corrected chi connectivity index (χ2v) is 4.38. The van der Waals surface area contributed by atoms with E-state index in [2.05, 4.69) is 10.6 Å². The van der Waals surface area contributed by atoms with Crippen LogP contribution < -0.4 is 15.4 Å². The van der Waals surface area contributed by atoms with E-state index < -0.39 is 0 Å². The number of hydrogen-bond donors (Lipinski definition) is 2. The lowest BCUT2D eigenvalue weighted by Gasteiger charge is -2.12. The number of carbonyl (C=O) groups is 1. The Morgan fingerprint density at radius 3 is 2.55 bits per heavy atom. The number of ether oxygens (including phenoxy) is 1. The molecule has 0 aromatic heterocycles. The fraction of sp³-hybridized carbons (Fsp3) is 0.133. The first kappa shape index (κ1) is 14.2. The van der Waals surface area contributed by atoms with Gasteiger partial charge in [-0.25, -0.2) is 4.79 Å². The maximum absolute atomic E-state index is 11.9. The van der Waals surface area contributed by atoms with Crippen LogP contribution in [0.15, 0.2) is 48.5 Å². The van der Waals surface area contributed by atoms with Gasteiger partial charge in [0.25, 0.3) is 0 Å². The lowest BCUT2D eigenvalue weighted by atomic mass is 10.2. The lowest BCUT2D eigenvalue weighted by Crippen LogP contribution is -2.19. The van der Waals surface area contributed by atoms with E-state index in [0.29, 0.717) is 17.3 Å². The number of benzene rings is 2. The van der Waals surface area contributed by atoms with Crippen LogP contribution in [0.1, 0.15) is 5.56 Å². The van der Waals surface area contributed by atoms with Gasteiger partial charge in [-0.2, -0.15) is 0 Å². The molecule has 0 spiro atoms. The molecular weight excluding hydrogens is 276 g/mol. The van der Waals surface area contributed by atoms with Crippen LogP contribution in [0.3, 0.4) is 0 Å². The molecule has 0 fully saturated rings. The summed E-state index contributed by atoms with van der Waals surface area (Å²) in [5.41, 5.74) is 2.24. The third-order valence-electron chi connectivity index (χ3n) is 2.70. The zero-order valence-corrected chi connectivity index (χ0v) is 11.8. The van der Waals surface area contributed by atoms with Crippen LogP contribution in [0.25, 0.3) is 0 Å². The molecular formula is C15H15ClN2O2. The Morgan fingerprint density at radius 2 is 1.90 bits per heavy atom. The molecule has 2 aromatic rings. The summed E-state index contributed by atoms with van der Waals surface area (Å²) in [5.74, 6) is 0.971. The van der Waals surface area contributed by atoms with E-state index in [1.807, 2.05) is 36.4 Å². The van der Waals surface area contributed by atoms with E-state index in [9.17, 15) is 4.79 Å². The highest BCUT2D eigenvalue weighted by molar-refractivity contribution is 6.17. The molecule has 0 aliphatic heterocycles. The molecule has 0 saturated carbocycles. The minimum absolute atomic E-state index is 0.326. The Morgan fingerprint density at radius 1 is 1.15 bits per heavy atom. The van der Waals surface area contributed by atoms with Gasteiger partial charge in [-0.1, -0.05) is 24.3 Å². The van der Waals surface area contributed by atoms with Crippen molar-refractivity contribution >= 4 is 29.0 Å². The van der Waals surface area contributed by atoms with Crippen LogP contribution in [0, 0.1) is 0 Å². The molecule has 2 N–H and O–H groups in total. The number of carbonyl (C=O) groups excluding carboxylic acids is 1. The van der Waals surface area contributed by atoms with E-state index in [1.165, 1.54) is 0 Å². The maximum Gasteiger partial charge on any atom is 0.323 e. The molecule has 0 radical (unpaired) electrons. The molecule has 0 aliphatic rings. The predicted octanol–water partition coefficient (Wildman–Crippen LogP) is 4.08. The van der Waals surface area contributed by atoms with Gasteiger partial charge in [0.1, 0.15) is 5.75 Å². The first-order chi connectivity index (χ1) is 9.72. The Hall–Kier alpha value is -2.20. The van der Waals surface area contributed by atoms with Crippen LogP contribution in [-0.4, -0.2) is 13.1 Å². The average Bonchev–Trinajstić information content (AvgIpc) is 2.48. The summed E-state index contributed by atoms with van der Waals surface area (Å²) in [5, 5.41) is 5.48. The minimum atomic E-state index is -0.326. The summed E-state index contributed by atoms with van der Waals surface area (Å²) in [6.45, 7) is 0. The second-order valence-electron chi connectivity index (χ2n) is 4.11. The number of hydrogen-bond acceptors (Lipinski definition) is 2. The first-order valence-electron chi connectivity index (χ1n) is 6.09. The number of alkyl halides is 1. The van der Waals surface area contributed by atoms with E-state index in [4.69, 9.17) is 16.3 Å². The van der Waals surface area contributed by atoms with Crippen molar-refractivity contribution in [3.8, 4) is 5.75 Å². The molecule has 0 unspecified atom stereocenters. The standard InChI is InChI=1S/C15H15ClN2O2/c1-20-14-9-11(10-16)7-8-13(14)18-15(19)17-12-5-3-2-4-6-12/h2-9H,10H2,1H3,(H2,17,18,19). The topological polar surface area (TPSA) is 50.4 Å². The van der Waals surface area contributed by atoms with Gasteiger partial charge < -0.3 is 15.4 Å². The largest absolute Gasteiger partial charge is 0.495 e. The first-order valence-corrected chi connectivity index (χ1v) is 6.62. The van der Waals surface area contributed by atoms with Gasteiger partial charge in [-0.3, -0.25) is 0 Å². The van der Waals surface area contributed by atoms with Crippen molar-refractivity contribution in [3.05, 3.63) is 54.1 Å². The summed E-state index contributed by atoms with van der Waals surface area (Å²) < 4.78 is 5.24. The smallest absolute Gasteiger partial charge is 0.323 e. The van der Waals surface area contributed by atoms with Crippen molar-refractivity contribution < 1.29 is 9.53 Å². The third-order valence-corrected chi connectivity index (χ3v) is 3.01. The molecule has 2 amide bonds. The molecule has 0 aliphatic carbocycles. The molecule has 4 nitrogen and oxygen atoms in total. The summed E-state index contributed by atoms with van der Waals surface area (Å²) >= 11 is 5.77. The Labute approximate surface area is 122 Å². The predicted molar refractivity (Wildman–Crippen MR) is 81.6 cm³/mol. The van der Waals surface area contributed by atoms with E-state index in [-0.39, 0.29) is 6.03 Å². The summed E-state index contributed by atoms with van der Waals surface area (Å²) in [4.78, 5) is 11.9. The number of methoxy groups -OCH3 is 1. The van der Waals surface area contributed by atoms with Crippen molar-refractivity contribution in [3.63, 3.8) is 0 Å². The number of amides is 2. The Bertz CT molecular complexity index is 588. The fourth-order valence-electron chi connectivity index (χ4n) is 1.73. The monoisotopic (exact) mass is 290 g/mol. The van der Waals surface area contributed by atoms with Crippen LogP contribution in [0.5, 0.6) is 5.75 Å². The van der Waals surface area contributed by atoms with Gasteiger partial charge in [0.2, 0.25) is 0 Å². The second kappa shape index (κ2) is 6.82. The number of halogens is 1. The highest BCUT2D eigenvalue weighted by Gasteiger charge is 2.08. The zero-order valence-electron chi connectivity index (χ0n) is 11.0. The van der Waals surface area contributed by atoms with Crippen LogP contribution in [0.2, 0.25) is 0 Å². The highest BCUT2D eigenvalue weighted by atomic mass is 35.5. The number of para-hydroxylation sites is 1. The van der Waals surface area contributed by atoms with Crippen molar-refractivity contribution in [2.75, 3.05) is 17.7 Å². The summed E-state index contributed by atoms with van der Waals surface area (Å²) in [7, 11) is 1.55. The Kier molecular flexibility index (Phi) is 4.85.